The first-order chi connectivity index (χ1) is 17.9. The van der Waals surface area contributed by atoms with E-state index in [1.807, 2.05) is 32.9 Å². The van der Waals surface area contributed by atoms with Crippen molar-refractivity contribution >= 4 is 11.7 Å². The number of benzene rings is 2. The van der Waals surface area contributed by atoms with Crippen LogP contribution in [0.4, 0.5) is 4.39 Å². The number of hydrogen-bond donors (Lipinski definition) is 1. The number of Topliss-reactive ketones (excluding diaryl/α,β-unsaturated/α-hetero) is 1. The normalized spacial score (nSPS) is 10.8. The molecule has 37 heavy (non-hydrogen) atoms. The Morgan fingerprint density at radius 3 is 2.43 bits per heavy atom. The van der Waals surface area contributed by atoms with E-state index >= 15 is 0 Å². The Morgan fingerprint density at radius 2 is 1.70 bits per heavy atom. The number of aromatic amines is 1. The third kappa shape index (κ3) is 6.50. The van der Waals surface area contributed by atoms with Gasteiger partial charge in [0.1, 0.15) is 23.1 Å². The van der Waals surface area contributed by atoms with Crippen LogP contribution in [0.5, 0.6) is 11.5 Å². The number of rotatable bonds is 10. The van der Waals surface area contributed by atoms with Gasteiger partial charge in [-0.3, -0.25) is 14.6 Å². The molecule has 0 aliphatic carbocycles. The van der Waals surface area contributed by atoms with Crippen molar-refractivity contribution in [3.05, 3.63) is 101 Å². The minimum atomic E-state index is -0.356. The van der Waals surface area contributed by atoms with Gasteiger partial charge in [0, 0.05) is 44.4 Å². The summed E-state index contributed by atoms with van der Waals surface area (Å²) in [6.45, 7) is 7.08. The SMILES string of the molecule is CCN(CC)C(=O)c1c[nH]c(-c2cc(Oc3ccc(CC(=O)Cc4cc(C)ccc4F)cc3)ccn2)c1. The second kappa shape index (κ2) is 11.6. The van der Waals surface area contributed by atoms with Gasteiger partial charge in [-0.05, 0) is 62.2 Å². The van der Waals surface area contributed by atoms with E-state index in [1.165, 1.54) is 6.07 Å². The zero-order chi connectivity index (χ0) is 26.4. The molecule has 4 aromatic rings. The highest BCUT2D eigenvalue weighted by Gasteiger charge is 2.15. The van der Waals surface area contributed by atoms with Crippen LogP contribution in [-0.2, 0) is 17.6 Å². The van der Waals surface area contributed by atoms with Gasteiger partial charge in [-0.2, -0.15) is 0 Å². The molecular formula is C30H30FN3O3. The number of carbonyl (C=O) groups excluding carboxylic acids is 2. The van der Waals surface area contributed by atoms with Crippen molar-refractivity contribution in [3.8, 4) is 22.9 Å². The Labute approximate surface area is 216 Å². The van der Waals surface area contributed by atoms with E-state index in [1.54, 1.807) is 59.8 Å². The largest absolute Gasteiger partial charge is 0.457 e. The lowest BCUT2D eigenvalue weighted by Gasteiger charge is -2.17. The fraction of sp³-hybridized carbons (Fsp3) is 0.233. The van der Waals surface area contributed by atoms with Gasteiger partial charge in [0.25, 0.3) is 5.91 Å². The maximum absolute atomic E-state index is 14.0. The van der Waals surface area contributed by atoms with Crippen LogP contribution in [-0.4, -0.2) is 39.6 Å². The van der Waals surface area contributed by atoms with Gasteiger partial charge < -0.3 is 14.6 Å². The highest BCUT2D eigenvalue weighted by molar-refractivity contribution is 5.95. The van der Waals surface area contributed by atoms with E-state index in [0.717, 1.165) is 16.8 Å². The number of nitrogens with one attached hydrogen (secondary N) is 1. The fourth-order valence-electron chi connectivity index (χ4n) is 4.13. The summed E-state index contributed by atoms with van der Waals surface area (Å²) in [6, 6.07) is 17.4. The van der Waals surface area contributed by atoms with E-state index < -0.39 is 0 Å². The Hall–Kier alpha value is -4.26. The molecule has 0 aliphatic rings. The minimum absolute atomic E-state index is 0.0255. The molecule has 4 rings (SSSR count). The molecule has 1 amide bonds. The summed E-state index contributed by atoms with van der Waals surface area (Å²) in [5, 5.41) is 0. The molecule has 0 unspecified atom stereocenters. The first-order valence-electron chi connectivity index (χ1n) is 12.3. The van der Waals surface area contributed by atoms with E-state index in [9.17, 15) is 14.0 Å². The van der Waals surface area contributed by atoms with Crippen molar-refractivity contribution in [2.45, 2.75) is 33.6 Å². The maximum Gasteiger partial charge on any atom is 0.255 e. The van der Waals surface area contributed by atoms with Crippen LogP contribution in [0.25, 0.3) is 11.4 Å². The molecule has 2 heterocycles. The summed E-state index contributed by atoms with van der Waals surface area (Å²) in [4.78, 5) is 34.4. The second-order valence-electron chi connectivity index (χ2n) is 8.89. The number of ketones is 1. The van der Waals surface area contributed by atoms with Gasteiger partial charge in [0.15, 0.2) is 0 Å². The lowest BCUT2D eigenvalue weighted by molar-refractivity contribution is -0.117. The summed E-state index contributed by atoms with van der Waals surface area (Å²) < 4.78 is 20.0. The van der Waals surface area contributed by atoms with Gasteiger partial charge >= 0.3 is 0 Å². The number of amides is 1. The number of pyridine rings is 1. The van der Waals surface area contributed by atoms with E-state index in [0.29, 0.717) is 41.4 Å². The molecule has 0 saturated heterocycles. The number of ether oxygens (including phenoxy) is 1. The molecular weight excluding hydrogens is 469 g/mol. The van der Waals surface area contributed by atoms with E-state index in [4.69, 9.17) is 4.74 Å². The van der Waals surface area contributed by atoms with Gasteiger partial charge in [0.05, 0.1) is 17.0 Å². The van der Waals surface area contributed by atoms with Gasteiger partial charge in [-0.25, -0.2) is 4.39 Å². The topological polar surface area (TPSA) is 75.3 Å². The van der Waals surface area contributed by atoms with Crippen molar-refractivity contribution in [1.29, 1.82) is 0 Å². The second-order valence-corrected chi connectivity index (χ2v) is 8.89. The van der Waals surface area contributed by atoms with Crippen molar-refractivity contribution in [2.24, 2.45) is 0 Å². The number of hydrogen-bond acceptors (Lipinski definition) is 4. The molecule has 7 heteroatoms. The third-order valence-corrected chi connectivity index (χ3v) is 6.14. The number of H-pyrrole nitrogens is 1. The number of halogens is 1. The van der Waals surface area contributed by atoms with Crippen LogP contribution in [0, 0.1) is 12.7 Å². The summed E-state index contributed by atoms with van der Waals surface area (Å²) in [6.07, 6.45) is 3.62. The lowest BCUT2D eigenvalue weighted by atomic mass is 10.0. The van der Waals surface area contributed by atoms with Crippen molar-refractivity contribution in [2.75, 3.05) is 13.1 Å². The predicted octanol–water partition coefficient (Wildman–Crippen LogP) is 6.15. The highest BCUT2D eigenvalue weighted by Crippen LogP contribution is 2.26. The van der Waals surface area contributed by atoms with Gasteiger partial charge in [0.2, 0.25) is 0 Å². The molecule has 2 aromatic heterocycles. The highest BCUT2D eigenvalue weighted by atomic mass is 19.1. The molecule has 0 spiro atoms. The summed E-state index contributed by atoms with van der Waals surface area (Å²) in [5.41, 5.74) is 4.14. The van der Waals surface area contributed by atoms with Crippen LogP contribution in [0.2, 0.25) is 0 Å². The number of aryl methyl sites for hydroxylation is 1. The van der Waals surface area contributed by atoms with Crippen LogP contribution < -0.4 is 4.74 Å². The molecule has 0 atom stereocenters. The van der Waals surface area contributed by atoms with Crippen LogP contribution >= 0.6 is 0 Å². The Kier molecular flexibility index (Phi) is 8.13. The number of aromatic nitrogens is 2. The monoisotopic (exact) mass is 499 g/mol. The number of carbonyl (C=O) groups is 2. The van der Waals surface area contributed by atoms with Crippen LogP contribution in [0.15, 0.2) is 73.1 Å². The van der Waals surface area contributed by atoms with Crippen molar-refractivity contribution in [1.82, 2.24) is 14.9 Å². The number of nitrogens with zero attached hydrogens (tertiary/aromatic N) is 2. The Balaban J connectivity index is 1.39. The Bertz CT molecular complexity index is 1390. The molecule has 0 aliphatic heterocycles. The maximum atomic E-state index is 14.0. The molecule has 0 radical (unpaired) electrons. The summed E-state index contributed by atoms with van der Waals surface area (Å²) in [5.74, 6) is 0.770. The fourth-order valence-corrected chi connectivity index (χ4v) is 4.13. The molecule has 2 aromatic carbocycles. The molecule has 0 saturated carbocycles. The average Bonchev–Trinajstić information content (AvgIpc) is 3.39. The predicted molar refractivity (Wildman–Crippen MR) is 141 cm³/mol. The lowest BCUT2D eigenvalue weighted by Crippen LogP contribution is -2.30. The first kappa shape index (κ1) is 25.8. The molecule has 0 bridgehead atoms. The van der Waals surface area contributed by atoms with E-state index in [2.05, 4.69) is 9.97 Å². The van der Waals surface area contributed by atoms with Crippen molar-refractivity contribution in [3.63, 3.8) is 0 Å². The molecule has 0 fully saturated rings. The molecule has 190 valence electrons. The Morgan fingerprint density at radius 1 is 0.946 bits per heavy atom. The quantitative estimate of drug-likeness (QED) is 0.284. The van der Waals surface area contributed by atoms with Gasteiger partial charge in [-0.15, -0.1) is 0 Å². The average molecular weight is 500 g/mol. The molecule has 6 nitrogen and oxygen atoms in total. The zero-order valence-electron chi connectivity index (χ0n) is 21.3. The molecule has 1 N–H and O–H groups in total. The van der Waals surface area contributed by atoms with Crippen molar-refractivity contribution < 1.29 is 18.7 Å². The standard InChI is InChI=1S/C30H30FN3O3/c1-4-34(5-2)30(36)23-17-28(33-19-23)29-18-26(12-13-32-29)37-25-9-7-21(8-10-25)15-24(35)16-22-14-20(3)6-11-27(22)31/h6-14,17-19,33H,4-5,15-16H2,1-3H3. The zero-order valence-corrected chi connectivity index (χ0v) is 21.3. The van der Waals surface area contributed by atoms with Crippen LogP contribution in [0.3, 0.4) is 0 Å². The summed E-state index contributed by atoms with van der Waals surface area (Å²) >= 11 is 0. The van der Waals surface area contributed by atoms with E-state index in [-0.39, 0.29) is 30.3 Å². The summed E-state index contributed by atoms with van der Waals surface area (Å²) in [7, 11) is 0. The van der Waals surface area contributed by atoms with Crippen LogP contribution in [0.1, 0.15) is 40.9 Å². The minimum Gasteiger partial charge on any atom is -0.457 e. The van der Waals surface area contributed by atoms with Gasteiger partial charge in [-0.1, -0.05) is 29.8 Å². The third-order valence-electron chi connectivity index (χ3n) is 6.14. The smallest absolute Gasteiger partial charge is 0.255 e. The first-order valence-corrected chi connectivity index (χ1v) is 12.3.